The highest BCUT2D eigenvalue weighted by molar-refractivity contribution is 9.10. The summed E-state index contributed by atoms with van der Waals surface area (Å²) in [6, 6.07) is 7.37. The van der Waals surface area contributed by atoms with Gasteiger partial charge in [0.25, 0.3) is 5.91 Å². The van der Waals surface area contributed by atoms with E-state index in [2.05, 4.69) is 31.3 Å². The molecule has 1 unspecified atom stereocenters. The molecule has 1 aromatic carbocycles. The molecule has 1 N–H and O–H groups in total. The Morgan fingerprint density at radius 1 is 1.31 bits per heavy atom. The Morgan fingerprint density at radius 2 is 2.00 bits per heavy atom. The van der Waals surface area contributed by atoms with Crippen LogP contribution < -0.4 is 5.32 Å². The van der Waals surface area contributed by atoms with Crippen LogP contribution in [0.25, 0.3) is 5.69 Å². The summed E-state index contributed by atoms with van der Waals surface area (Å²) in [5.74, 6) is -0.635. The van der Waals surface area contributed by atoms with E-state index in [0.717, 1.165) is 16.9 Å². The number of benzene rings is 1. The molecule has 1 atom stereocenters. The second-order valence-corrected chi connectivity index (χ2v) is 7.03. The van der Waals surface area contributed by atoms with Crippen molar-refractivity contribution in [3.8, 4) is 5.69 Å². The normalized spacial score (nSPS) is 12.0. The molecule has 0 aliphatic rings. The summed E-state index contributed by atoms with van der Waals surface area (Å²) in [5.41, 5.74) is 2.73. The van der Waals surface area contributed by atoms with Crippen molar-refractivity contribution >= 4 is 33.4 Å². The number of rotatable bonds is 4. The van der Waals surface area contributed by atoms with Gasteiger partial charge in [0, 0.05) is 21.9 Å². The molecular formula is C18H15BrClFN4O. The first-order valence-corrected chi connectivity index (χ1v) is 8.96. The molecule has 8 heteroatoms. The molecule has 0 aliphatic heterocycles. The van der Waals surface area contributed by atoms with Crippen LogP contribution in [-0.2, 0) is 0 Å². The molecular weight excluding hydrogens is 423 g/mol. The molecule has 134 valence electrons. The maximum absolute atomic E-state index is 13.1. The average molecular weight is 438 g/mol. The summed E-state index contributed by atoms with van der Waals surface area (Å²) >= 11 is 9.29. The van der Waals surface area contributed by atoms with Gasteiger partial charge in [-0.2, -0.15) is 5.10 Å². The topological polar surface area (TPSA) is 59.8 Å². The van der Waals surface area contributed by atoms with E-state index in [4.69, 9.17) is 11.6 Å². The van der Waals surface area contributed by atoms with Gasteiger partial charge >= 0.3 is 0 Å². The summed E-state index contributed by atoms with van der Waals surface area (Å²) in [6.07, 6.45) is 3.21. The Balaban J connectivity index is 1.82. The van der Waals surface area contributed by atoms with Crippen LogP contribution in [0.4, 0.5) is 4.39 Å². The molecule has 0 radical (unpaired) electrons. The highest BCUT2D eigenvalue weighted by Crippen LogP contribution is 2.22. The largest absolute Gasteiger partial charge is 0.345 e. The number of hydrogen-bond donors (Lipinski definition) is 1. The van der Waals surface area contributed by atoms with Crippen molar-refractivity contribution in [1.29, 1.82) is 0 Å². The van der Waals surface area contributed by atoms with Gasteiger partial charge in [-0.25, -0.2) is 14.1 Å². The van der Waals surface area contributed by atoms with Crippen molar-refractivity contribution in [3.05, 3.63) is 75.0 Å². The molecule has 5 nitrogen and oxygen atoms in total. The minimum absolute atomic E-state index is 0.136. The second kappa shape index (κ2) is 7.55. The quantitative estimate of drug-likeness (QED) is 0.606. The van der Waals surface area contributed by atoms with E-state index in [1.807, 2.05) is 13.8 Å². The number of carbonyl (C=O) groups is 1. The maximum Gasteiger partial charge on any atom is 0.254 e. The molecule has 1 amide bonds. The molecule has 3 rings (SSSR count). The Labute approximate surface area is 163 Å². The zero-order valence-electron chi connectivity index (χ0n) is 14.0. The first kappa shape index (κ1) is 18.5. The highest BCUT2D eigenvalue weighted by atomic mass is 79.9. The second-order valence-electron chi connectivity index (χ2n) is 5.76. The van der Waals surface area contributed by atoms with Crippen molar-refractivity contribution in [2.75, 3.05) is 0 Å². The molecule has 0 saturated carbocycles. The van der Waals surface area contributed by atoms with Crippen molar-refractivity contribution in [1.82, 2.24) is 20.1 Å². The van der Waals surface area contributed by atoms with Crippen LogP contribution in [0.15, 0.2) is 47.2 Å². The van der Waals surface area contributed by atoms with Gasteiger partial charge in [0.05, 0.1) is 23.5 Å². The van der Waals surface area contributed by atoms with Crippen molar-refractivity contribution in [2.45, 2.75) is 19.9 Å². The highest BCUT2D eigenvalue weighted by Gasteiger charge is 2.19. The number of halogens is 3. The van der Waals surface area contributed by atoms with Gasteiger partial charge in [0.1, 0.15) is 11.0 Å². The summed E-state index contributed by atoms with van der Waals surface area (Å²) < 4.78 is 15.5. The van der Waals surface area contributed by atoms with E-state index in [0.29, 0.717) is 4.47 Å². The summed E-state index contributed by atoms with van der Waals surface area (Å²) in [7, 11) is 0. The van der Waals surface area contributed by atoms with E-state index >= 15 is 0 Å². The fourth-order valence-electron chi connectivity index (χ4n) is 2.62. The average Bonchev–Trinajstić information content (AvgIpc) is 2.99. The molecule has 0 fully saturated rings. The lowest BCUT2D eigenvalue weighted by Gasteiger charge is -2.15. The van der Waals surface area contributed by atoms with Crippen LogP contribution in [-0.4, -0.2) is 20.7 Å². The lowest BCUT2D eigenvalue weighted by Crippen LogP contribution is -2.27. The van der Waals surface area contributed by atoms with Crippen LogP contribution in [0.2, 0.25) is 5.15 Å². The first-order chi connectivity index (χ1) is 12.4. The van der Waals surface area contributed by atoms with Crippen LogP contribution in [0, 0.1) is 12.7 Å². The fraction of sp³-hybridized carbons (Fsp3) is 0.167. The van der Waals surface area contributed by atoms with Gasteiger partial charge in [0.2, 0.25) is 0 Å². The number of aromatic nitrogens is 3. The van der Waals surface area contributed by atoms with E-state index in [1.54, 1.807) is 29.1 Å². The van der Waals surface area contributed by atoms with Gasteiger partial charge in [0.15, 0.2) is 0 Å². The summed E-state index contributed by atoms with van der Waals surface area (Å²) in [6.45, 7) is 3.75. The van der Waals surface area contributed by atoms with E-state index < -0.39 is 0 Å². The van der Waals surface area contributed by atoms with Crippen molar-refractivity contribution in [2.24, 2.45) is 0 Å². The van der Waals surface area contributed by atoms with Gasteiger partial charge in [-0.3, -0.25) is 4.79 Å². The standard InChI is InChI=1S/C18H15BrClFN4O/c1-10(24-18(26)15-7-12(19)8-22-17(15)20)16-9-23-25(11(16)2)14-5-3-13(21)4-6-14/h3-10H,1-2H3,(H,24,26). The van der Waals surface area contributed by atoms with Crippen LogP contribution >= 0.6 is 27.5 Å². The number of pyridine rings is 1. The Hall–Kier alpha value is -2.25. The summed E-state index contributed by atoms with van der Waals surface area (Å²) in [4.78, 5) is 16.5. The number of carbonyl (C=O) groups excluding carboxylic acids is 1. The minimum Gasteiger partial charge on any atom is -0.345 e. The summed E-state index contributed by atoms with van der Waals surface area (Å²) in [5, 5.41) is 7.38. The van der Waals surface area contributed by atoms with Crippen molar-refractivity contribution < 1.29 is 9.18 Å². The molecule has 2 aromatic heterocycles. The Bertz CT molecular complexity index is 958. The molecule has 0 bridgehead atoms. The zero-order chi connectivity index (χ0) is 18.8. The molecule has 2 heterocycles. The molecule has 26 heavy (non-hydrogen) atoms. The molecule has 0 aliphatic carbocycles. The van der Waals surface area contributed by atoms with Crippen LogP contribution in [0.5, 0.6) is 0 Å². The molecule has 0 saturated heterocycles. The number of amides is 1. The number of nitrogens with zero attached hydrogens (tertiary/aromatic N) is 3. The minimum atomic E-state index is -0.328. The van der Waals surface area contributed by atoms with E-state index in [-0.39, 0.29) is 28.5 Å². The van der Waals surface area contributed by atoms with Crippen LogP contribution in [0.3, 0.4) is 0 Å². The number of nitrogens with one attached hydrogen (secondary N) is 1. The lowest BCUT2D eigenvalue weighted by molar-refractivity contribution is 0.0939. The third kappa shape index (κ3) is 3.78. The third-order valence-corrected chi connectivity index (χ3v) is 4.72. The van der Waals surface area contributed by atoms with Gasteiger partial charge in [-0.15, -0.1) is 0 Å². The number of hydrogen-bond acceptors (Lipinski definition) is 3. The van der Waals surface area contributed by atoms with E-state index in [9.17, 15) is 9.18 Å². The first-order valence-electron chi connectivity index (χ1n) is 7.79. The Kier molecular flexibility index (Phi) is 5.38. The van der Waals surface area contributed by atoms with Crippen molar-refractivity contribution in [3.63, 3.8) is 0 Å². The van der Waals surface area contributed by atoms with Gasteiger partial charge in [-0.1, -0.05) is 11.6 Å². The monoisotopic (exact) mass is 436 g/mol. The predicted octanol–water partition coefficient (Wildman–Crippen LogP) is 4.62. The fourth-order valence-corrected chi connectivity index (χ4v) is 3.14. The van der Waals surface area contributed by atoms with Crippen LogP contribution in [0.1, 0.15) is 34.6 Å². The zero-order valence-corrected chi connectivity index (χ0v) is 16.3. The van der Waals surface area contributed by atoms with Gasteiger partial charge in [-0.05, 0) is 60.1 Å². The molecule has 0 spiro atoms. The predicted molar refractivity (Wildman–Crippen MR) is 101 cm³/mol. The SMILES string of the molecule is Cc1c(C(C)NC(=O)c2cc(Br)cnc2Cl)cnn1-c1ccc(F)cc1. The van der Waals surface area contributed by atoms with Gasteiger partial charge < -0.3 is 5.32 Å². The lowest BCUT2D eigenvalue weighted by atomic mass is 10.1. The van der Waals surface area contributed by atoms with E-state index in [1.165, 1.54) is 18.3 Å². The maximum atomic E-state index is 13.1. The smallest absolute Gasteiger partial charge is 0.254 e. The Morgan fingerprint density at radius 3 is 2.69 bits per heavy atom. The molecule has 3 aromatic rings. The third-order valence-electron chi connectivity index (χ3n) is 3.98.